The largest absolute Gasteiger partial charge is 0.416 e. The Hall–Kier alpha value is -2.03. The summed E-state index contributed by atoms with van der Waals surface area (Å²) in [5.74, 6) is 0.369. The van der Waals surface area contributed by atoms with Gasteiger partial charge in [-0.15, -0.1) is 5.10 Å². The number of anilines is 1. The van der Waals surface area contributed by atoms with E-state index in [4.69, 9.17) is 0 Å². The molecular weight excluding hydrogens is 305 g/mol. The molecule has 2 aromatic rings. The number of nitrogens with zero attached hydrogens (tertiary/aromatic N) is 2. The minimum absolute atomic E-state index is 0.101. The lowest BCUT2D eigenvalue weighted by atomic mass is 10.1. The van der Waals surface area contributed by atoms with E-state index in [2.05, 4.69) is 20.5 Å². The summed E-state index contributed by atoms with van der Waals surface area (Å²) in [4.78, 5) is 15.9. The maximum atomic E-state index is 12.4. The van der Waals surface area contributed by atoms with Crippen LogP contribution in [0.3, 0.4) is 0 Å². The first-order chi connectivity index (χ1) is 9.90. The number of nitrogens with one attached hydrogen (secondary N) is 2. The highest BCUT2D eigenvalue weighted by molar-refractivity contribution is 7.99. The van der Waals surface area contributed by atoms with Crippen molar-refractivity contribution >= 4 is 23.6 Å². The summed E-state index contributed by atoms with van der Waals surface area (Å²) in [5, 5.41) is 9.31. The third kappa shape index (κ3) is 3.97. The minimum atomic E-state index is -4.42. The number of hydrogen-bond donors (Lipinski definition) is 2. The Balaban J connectivity index is 2.06. The van der Waals surface area contributed by atoms with Crippen molar-refractivity contribution in [2.45, 2.75) is 18.3 Å². The van der Waals surface area contributed by atoms with Crippen molar-refractivity contribution in [2.24, 2.45) is 0 Å². The van der Waals surface area contributed by atoms with E-state index < -0.39 is 17.6 Å². The summed E-state index contributed by atoms with van der Waals surface area (Å²) in [6.45, 7) is 1.93. The lowest BCUT2D eigenvalue weighted by molar-refractivity contribution is -0.137. The van der Waals surface area contributed by atoms with E-state index in [0.717, 1.165) is 30.0 Å². The van der Waals surface area contributed by atoms with E-state index in [1.165, 1.54) is 11.8 Å². The molecule has 1 aromatic carbocycles. The number of H-pyrrole nitrogens is 1. The highest BCUT2D eigenvalue weighted by Gasteiger charge is 2.30. The van der Waals surface area contributed by atoms with Crippen molar-refractivity contribution in [3.63, 3.8) is 0 Å². The fourth-order valence-electron chi connectivity index (χ4n) is 1.49. The molecule has 0 aliphatic heterocycles. The van der Waals surface area contributed by atoms with Gasteiger partial charge in [0.25, 0.3) is 5.91 Å². The summed E-state index contributed by atoms with van der Waals surface area (Å²) in [7, 11) is 0. The predicted octanol–water partition coefficient (Wildman–Crippen LogP) is 3.19. The molecule has 1 heterocycles. The SMILES string of the molecule is CCSc1n[nH]c(NC(=O)c2ccc(C(F)(F)F)cc2)n1. The fraction of sp³-hybridized carbons (Fsp3) is 0.250. The Labute approximate surface area is 122 Å². The van der Waals surface area contributed by atoms with Crippen molar-refractivity contribution in [3.05, 3.63) is 35.4 Å². The second-order valence-corrected chi connectivity index (χ2v) is 5.16. The van der Waals surface area contributed by atoms with Crippen LogP contribution < -0.4 is 5.32 Å². The smallest absolute Gasteiger partial charge is 0.291 e. The van der Waals surface area contributed by atoms with Gasteiger partial charge in [-0.3, -0.25) is 10.1 Å². The first-order valence-electron chi connectivity index (χ1n) is 5.94. The first kappa shape index (κ1) is 15.4. The Kier molecular flexibility index (Phi) is 4.51. The molecular formula is C12H11F3N4OS. The van der Waals surface area contributed by atoms with Crippen LogP contribution in [0.1, 0.15) is 22.8 Å². The Morgan fingerprint density at radius 1 is 1.33 bits per heavy atom. The molecule has 0 atom stereocenters. The van der Waals surface area contributed by atoms with Crippen LogP contribution in [0.2, 0.25) is 0 Å². The summed E-state index contributed by atoms with van der Waals surface area (Å²) >= 11 is 1.39. The average molecular weight is 316 g/mol. The van der Waals surface area contributed by atoms with Crippen LogP contribution in [0, 0.1) is 0 Å². The molecule has 0 saturated heterocycles. The average Bonchev–Trinajstić information content (AvgIpc) is 2.86. The zero-order valence-corrected chi connectivity index (χ0v) is 11.7. The molecule has 1 aromatic heterocycles. The molecule has 1 amide bonds. The third-order valence-corrected chi connectivity index (χ3v) is 3.17. The predicted molar refractivity (Wildman–Crippen MR) is 72.2 cm³/mol. The van der Waals surface area contributed by atoms with Gasteiger partial charge in [0, 0.05) is 5.56 Å². The Bertz CT molecular complexity index is 624. The highest BCUT2D eigenvalue weighted by atomic mass is 32.2. The van der Waals surface area contributed by atoms with Crippen molar-refractivity contribution in [2.75, 3.05) is 11.1 Å². The molecule has 21 heavy (non-hydrogen) atoms. The maximum Gasteiger partial charge on any atom is 0.416 e. The second-order valence-electron chi connectivity index (χ2n) is 3.93. The van der Waals surface area contributed by atoms with E-state index >= 15 is 0 Å². The zero-order chi connectivity index (χ0) is 15.5. The van der Waals surface area contributed by atoms with Gasteiger partial charge in [0.2, 0.25) is 11.1 Å². The van der Waals surface area contributed by atoms with E-state index in [1.54, 1.807) is 0 Å². The molecule has 9 heteroatoms. The third-order valence-electron chi connectivity index (χ3n) is 2.44. The summed E-state index contributed by atoms with van der Waals surface area (Å²) in [6, 6.07) is 3.92. The van der Waals surface area contributed by atoms with Gasteiger partial charge in [-0.25, -0.2) is 5.10 Å². The van der Waals surface area contributed by atoms with Gasteiger partial charge in [0.15, 0.2) is 0 Å². The molecule has 0 aliphatic carbocycles. The van der Waals surface area contributed by atoms with Gasteiger partial charge in [-0.2, -0.15) is 18.2 Å². The number of carbonyl (C=O) groups is 1. The Morgan fingerprint density at radius 2 is 2.00 bits per heavy atom. The normalized spacial score (nSPS) is 11.4. The van der Waals surface area contributed by atoms with E-state index in [1.807, 2.05) is 6.92 Å². The number of alkyl halides is 3. The van der Waals surface area contributed by atoms with Gasteiger partial charge in [-0.05, 0) is 30.0 Å². The number of thioether (sulfide) groups is 1. The summed E-state index contributed by atoms with van der Waals surface area (Å²) in [5.41, 5.74) is -0.704. The first-order valence-corrected chi connectivity index (χ1v) is 6.92. The van der Waals surface area contributed by atoms with Gasteiger partial charge in [-0.1, -0.05) is 18.7 Å². The molecule has 2 N–H and O–H groups in total. The number of aromatic amines is 1. The number of amides is 1. The van der Waals surface area contributed by atoms with Gasteiger partial charge >= 0.3 is 6.18 Å². The maximum absolute atomic E-state index is 12.4. The lowest BCUT2D eigenvalue weighted by Gasteiger charge is -2.07. The molecule has 0 bridgehead atoms. The highest BCUT2D eigenvalue weighted by Crippen LogP contribution is 2.29. The zero-order valence-electron chi connectivity index (χ0n) is 10.9. The van der Waals surface area contributed by atoms with Crippen molar-refractivity contribution in [1.29, 1.82) is 0 Å². The molecule has 0 spiro atoms. The number of benzene rings is 1. The van der Waals surface area contributed by atoms with Crippen LogP contribution >= 0.6 is 11.8 Å². The molecule has 0 saturated carbocycles. The topological polar surface area (TPSA) is 70.7 Å². The van der Waals surface area contributed by atoms with Gasteiger partial charge in [0.05, 0.1) is 5.56 Å². The van der Waals surface area contributed by atoms with Crippen LogP contribution in [-0.2, 0) is 6.18 Å². The molecule has 0 fully saturated rings. The van der Waals surface area contributed by atoms with Gasteiger partial charge in [0.1, 0.15) is 0 Å². The standard InChI is InChI=1S/C12H11F3N4OS/c1-2-21-11-17-10(18-19-11)16-9(20)7-3-5-8(6-4-7)12(13,14)15/h3-6H,2H2,1H3,(H2,16,17,18,19,20). The van der Waals surface area contributed by atoms with Crippen LogP contribution in [0.5, 0.6) is 0 Å². The summed E-state index contributed by atoms with van der Waals surface area (Å²) in [6.07, 6.45) is -4.42. The number of carbonyl (C=O) groups excluding carboxylic acids is 1. The monoisotopic (exact) mass is 316 g/mol. The number of aromatic nitrogens is 3. The molecule has 0 aliphatic rings. The lowest BCUT2D eigenvalue weighted by Crippen LogP contribution is -2.13. The van der Waals surface area contributed by atoms with Crippen molar-refractivity contribution in [1.82, 2.24) is 15.2 Å². The number of hydrogen-bond acceptors (Lipinski definition) is 4. The molecule has 0 unspecified atom stereocenters. The number of rotatable bonds is 4. The van der Waals surface area contributed by atoms with Crippen LogP contribution in [0.25, 0.3) is 0 Å². The van der Waals surface area contributed by atoms with E-state index in [0.29, 0.717) is 5.16 Å². The molecule has 0 radical (unpaired) electrons. The fourth-order valence-corrected chi connectivity index (χ4v) is 2.01. The van der Waals surface area contributed by atoms with Crippen molar-refractivity contribution < 1.29 is 18.0 Å². The van der Waals surface area contributed by atoms with E-state index in [-0.39, 0.29) is 11.5 Å². The quantitative estimate of drug-likeness (QED) is 0.850. The molecule has 2 rings (SSSR count). The van der Waals surface area contributed by atoms with E-state index in [9.17, 15) is 18.0 Å². The number of halogens is 3. The molecule has 112 valence electrons. The minimum Gasteiger partial charge on any atom is -0.291 e. The van der Waals surface area contributed by atoms with Gasteiger partial charge < -0.3 is 0 Å². The van der Waals surface area contributed by atoms with Crippen LogP contribution in [0.15, 0.2) is 29.4 Å². The Morgan fingerprint density at radius 3 is 2.57 bits per heavy atom. The second kappa shape index (κ2) is 6.17. The van der Waals surface area contributed by atoms with Crippen molar-refractivity contribution in [3.8, 4) is 0 Å². The van der Waals surface area contributed by atoms with Crippen LogP contribution in [0.4, 0.5) is 19.1 Å². The molecule has 5 nitrogen and oxygen atoms in total. The van der Waals surface area contributed by atoms with Crippen LogP contribution in [-0.4, -0.2) is 26.8 Å². The summed E-state index contributed by atoms with van der Waals surface area (Å²) < 4.78 is 37.3.